The SMILES string of the molecule is CCOC(=O)N1CCC(NOCC(C)C)CC1. The molecule has 1 N–H and O–H groups in total. The predicted octanol–water partition coefficient (Wildman–Crippen LogP) is 1.78. The Morgan fingerprint density at radius 2 is 2.06 bits per heavy atom. The lowest BCUT2D eigenvalue weighted by atomic mass is 10.1. The molecule has 0 spiro atoms. The molecule has 0 aromatic rings. The number of carbonyl (C=O) groups is 1. The predicted molar refractivity (Wildman–Crippen MR) is 65.5 cm³/mol. The number of likely N-dealkylation sites (tertiary alicyclic amines) is 1. The molecule has 1 aliphatic rings. The highest BCUT2D eigenvalue weighted by Crippen LogP contribution is 2.11. The van der Waals surface area contributed by atoms with E-state index in [0.29, 0.717) is 18.6 Å². The lowest BCUT2D eigenvalue weighted by molar-refractivity contribution is -0.0134. The van der Waals surface area contributed by atoms with Crippen molar-refractivity contribution < 1.29 is 14.4 Å². The molecule has 5 nitrogen and oxygen atoms in total. The molecule has 1 rings (SSSR count). The summed E-state index contributed by atoms with van der Waals surface area (Å²) in [7, 11) is 0. The van der Waals surface area contributed by atoms with E-state index in [2.05, 4.69) is 19.3 Å². The number of piperidine rings is 1. The Bertz CT molecular complexity index is 226. The van der Waals surface area contributed by atoms with Gasteiger partial charge in [-0.05, 0) is 25.7 Å². The van der Waals surface area contributed by atoms with Crippen molar-refractivity contribution in [3.63, 3.8) is 0 Å². The fourth-order valence-corrected chi connectivity index (χ4v) is 1.73. The number of rotatable bonds is 5. The zero-order valence-corrected chi connectivity index (χ0v) is 11.1. The second-order valence-corrected chi connectivity index (χ2v) is 4.78. The Morgan fingerprint density at radius 3 is 2.59 bits per heavy atom. The third-order valence-electron chi connectivity index (χ3n) is 2.69. The highest BCUT2D eigenvalue weighted by Gasteiger charge is 2.23. The number of hydrogen-bond acceptors (Lipinski definition) is 4. The van der Waals surface area contributed by atoms with E-state index in [0.717, 1.165) is 32.5 Å². The summed E-state index contributed by atoms with van der Waals surface area (Å²) < 4.78 is 4.96. The largest absolute Gasteiger partial charge is 0.450 e. The van der Waals surface area contributed by atoms with E-state index in [1.165, 1.54) is 0 Å². The van der Waals surface area contributed by atoms with Gasteiger partial charge in [-0.2, -0.15) is 5.48 Å². The second kappa shape index (κ2) is 7.50. The zero-order chi connectivity index (χ0) is 12.7. The van der Waals surface area contributed by atoms with Crippen molar-refractivity contribution in [3.8, 4) is 0 Å². The van der Waals surface area contributed by atoms with E-state index in [9.17, 15) is 4.79 Å². The average molecular weight is 244 g/mol. The summed E-state index contributed by atoms with van der Waals surface area (Å²) >= 11 is 0. The quantitative estimate of drug-likeness (QED) is 0.749. The van der Waals surface area contributed by atoms with E-state index in [1.54, 1.807) is 4.90 Å². The van der Waals surface area contributed by atoms with Crippen LogP contribution in [-0.4, -0.2) is 43.3 Å². The topological polar surface area (TPSA) is 50.8 Å². The minimum atomic E-state index is -0.200. The Labute approximate surface area is 103 Å². The molecule has 0 radical (unpaired) electrons. The van der Waals surface area contributed by atoms with Gasteiger partial charge in [-0.25, -0.2) is 4.79 Å². The van der Waals surface area contributed by atoms with Gasteiger partial charge in [0.2, 0.25) is 0 Å². The third kappa shape index (κ3) is 5.37. The fraction of sp³-hybridized carbons (Fsp3) is 0.917. The molecular weight excluding hydrogens is 220 g/mol. The van der Waals surface area contributed by atoms with Crippen LogP contribution < -0.4 is 5.48 Å². The average Bonchev–Trinajstić information content (AvgIpc) is 2.30. The molecule has 0 aromatic carbocycles. The van der Waals surface area contributed by atoms with Gasteiger partial charge in [0.1, 0.15) is 0 Å². The Hall–Kier alpha value is -0.810. The first-order valence-corrected chi connectivity index (χ1v) is 6.42. The van der Waals surface area contributed by atoms with Gasteiger partial charge in [0.05, 0.1) is 13.2 Å². The molecule has 0 atom stereocenters. The molecule has 0 unspecified atom stereocenters. The Morgan fingerprint density at radius 1 is 1.41 bits per heavy atom. The van der Waals surface area contributed by atoms with E-state index >= 15 is 0 Å². The molecule has 0 bridgehead atoms. The Kier molecular flexibility index (Phi) is 6.29. The van der Waals surface area contributed by atoms with E-state index in [1.807, 2.05) is 6.92 Å². The van der Waals surface area contributed by atoms with Gasteiger partial charge in [0.25, 0.3) is 0 Å². The summed E-state index contributed by atoms with van der Waals surface area (Å²) in [5.74, 6) is 0.530. The maximum atomic E-state index is 11.5. The lowest BCUT2D eigenvalue weighted by Gasteiger charge is -2.31. The van der Waals surface area contributed by atoms with Crippen LogP contribution in [0.25, 0.3) is 0 Å². The van der Waals surface area contributed by atoms with Gasteiger partial charge in [-0.15, -0.1) is 0 Å². The standard InChI is InChI=1S/C12H24N2O3/c1-4-16-12(15)14-7-5-11(6-8-14)13-17-9-10(2)3/h10-11,13H,4-9H2,1-3H3. The number of hydrogen-bond donors (Lipinski definition) is 1. The molecule has 1 amide bonds. The highest BCUT2D eigenvalue weighted by molar-refractivity contribution is 5.67. The molecule has 100 valence electrons. The van der Waals surface area contributed by atoms with E-state index in [-0.39, 0.29) is 6.09 Å². The van der Waals surface area contributed by atoms with Gasteiger partial charge in [0.15, 0.2) is 0 Å². The minimum Gasteiger partial charge on any atom is -0.450 e. The lowest BCUT2D eigenvalue weighted by Crippen LogP contribution is -2.45. The van der Waals surface area contributed by atoms with Crippen molar-refractivity contribution >= 4 is 6.09 Å². The summed E-state index contributed by atoms with van der Waals surface area (Å²) in [4.78, 5) is 18.6. The number of nitrogens with zero attached hydrogens (tertiary/aromatic N) is 1. The van der Waals surface area contributed by atoms with Crippen LogP contribution in [0.3, 0.4) is 0 Å². The maximum Gasteiger partial charge on any atom is 0.409 e. The zero-order valence-electron chi connectivity index (χ0n) is 11.1. The number of carbonyl (C=O) groups excluding carboxylic acids is 1. The first-order chi connectivity index (χ1) is 8.13. The van der Waals surface area contributed by atoms with Gasteiger partial charge in [0, 0.05) is 19.1 Å². The van der Waals surface area contributed by atoms with Crippen molar-refractivity contribution in [1.29, 1.82) is 0 Å². The van der Waals surface area contributed by atoms with E-state index in [4.69, 9.17) is 9.57 Å². The Balaban J connectivity index is 2.15. The number of amides is 1. The van der Waals surface area contributed by atoms with Gasteiger partial charge >= 0.3 is 6.09 Å². The third-order valence-corrected chi connectivity index (χ3v) is 2.69. The number of ether oxygens (including phenoxy) is 1. The van der Waals surface area contributed by atoms with Crippen LogP contribution in [0.5, 0.6) is 0 Å². The molecule has 0 saturated carbocycles. The second-order valence-electron chi connectivity index (χ2n) is 4.78. The van der Waals surface area contributed by atoms with Gasteiger partial charge < -0.3 is 14.5 Å². The summed E-state index contributed by atoms with van der Waals surface area (Å²) in [5, 5.41) is 0. The molecule has 0 aromatic heterocycles. The first kappa shape index (κ1) is 14.3. The van der Waals surface area contributed by atoms with Crippen LogP contribution in [0.4, 0.5) is 4.79 Å². The summed E-state index contributed by atoms with van der Waals surface area (Å²) in [6, 6.07) is 0.347. The number of nitrogens with one attached hydrogen (secondary N) is 1. The van der Waals surface area contributed by atoms with Gasteiger partial charge in [-0.1, -0.05) is 13.8 Å². The van der Waals surface area contributed by atoms with Gasteiger partial charge in [-0.3, -0.25) is 0 Å². The van der Waals surface area contributed by atoms with Crippen LogP contribution in [-0.2, 0) is 9.57 Å². The molecular formula is C12H24N2O3. The summed E-state index contributed by atoms with van der Waals surface area (Å²) in [6.07, 6.45) is 1.63. The molecule has 0 aliphatic carbocycles. The highest BCUT2D eigenvalue weighted by atomic mass is 16.6. The first-order valence-electron chi connectivity index (χ1n) is 6.42. The van der Waals surface area contributed by atoms with Crippen LogP contribution in [0.15, 0.2) is 0 Å². The van der Waals surface area contributed by atoms with Crippen molar-refractivity contribution in [2.24, 2.45) is 5.92 Å². The molecule has 17 heavy (non-hydrogen) atoms. The molecule has 1 heterocycles. The van der Waals surface area contributed by atoms with Crippen LogP contribution in [0, 0.1) is 5.92 Å². The monoisotopic (exact) mass is 244 g/mol. The number of hydroxylamine groups is 1. The molecule has 1 fully saturated rings. The molecule has 1 saturated heterocycles. The summed E-state index contributed by atoms with van der Waals surface area (Å²) in [6.45, 7) is 8.69. The van der Waals surface area contributed by atoms with E-state index < -0.39 is 0 Å². The summed E-state index contributed by atoms with van der Waals surface area (Å²) in [5.41, 5.74) is 3.07. The maximum absolute atomic E-state index is 11.5. The van der Waals surface area contributed by atoms with Crippen LogP contribution in [0.1, 0.15) is 33.6 Å². The molecule has 1 aliphatic heterocycles. The smallest absolute Gasteiger partial charge is 0.409 e. The van der Waals surface area contributed by atoms with Crippen molar-refractivity contribution in [2.75, 3.05) is 26.3 Å². The van der Waals surface area contributed by atoms with Crippen LogP contribution >= 0.6 is 0 Å². The normalized spacial score (nSPS) is 17.5. The molecule has 5 heteroatoms. The fourth-order valence-electron chi connectivity index (χ4n) is 1.73. The van der Waals surface area contributed by atoms with Crippen molar-refractivity contribution in [1.82, 2.24) is 10.4 Å². The van der Waals surface area contributed by atoms with Crippen molar-refractivity contribution in [2.45, 2.75) is 39.7 Å². The minimum absolute atomic E-state index is 0.200. The van der Waals surface area contributed by atoms with Crippen LogP contribution in [0.2, 0.25) is 0 Å². The van der Waals surface area contributed by atoms with Crippen molar-refractivity contribution in [3.05, 3.63) is 0 Å².